The summed E-state index contributed by atoms with van der Waals surface area (Å²) in [4.78, 5) is 12.5. The minimum atomic E-state index is 0.134. The Hall–Kier alpha value is -0.370. The number of epoxide rings is 1. The first-order valence-corrected chi connectivity index (χ1v) is 7.23. The van der Waals surface area contributed by atoms with Gasteiger partial charge in [-0.25, -0.2) is 0 Å². The van der Waals surface area contributed by atoms with Crippen LogP contribution in [0.2, 0.25) is 0 Å². The maximum atomic E-state index is 12.5. The molecule has 2 rings (SSSR count). The number of hydrogen-bond acceptors (Lipinski definition) is 2. The van der Waals surface area contributed by atoms with E-state index in [2.05, 4.69) is 27.7 Å². The maximum absolute atomic E-state index is 12.5. The molecule has 0 amide bonds. The number of Topliss-reactive ketones (excluding diaryl/α,β-unsaturated/α-hetero) is 1. The van der Waals surface area contributed by atoms with E-state index in [1.807, 2.05) is 0 Å². The van der Waals surface area contributed by atoms with Crippen LogP contribution in [-0.4, -0.2) is 17.5 Å². The van der Waals surface area contributed by atoms with Gasteiger partial charge in [0.2, 0.25) is 0 Å². The van der Waals surface area contributed by atoms with Crippen molar-refractivity contribution in [2.75, 3.05) is 0 Å². The van der Waals surface area contributed by atoms with Crippen LogP contribution in [0.3, 0.4) is 0 Å². The number of fused-ring (bicyclic) bond motifs is 1. The summed E-state index contributed by atoms with van der Waals surface area (Å²) in [7, 11) is 0. The average Bonchev–Trinajstić information content (AvgIpc) is 3.00. The number of ketones is 1. The second kappa shape index (κ2) is 4.72. The Balaban J connectivity index is 1.92. The van der Waals surface area contributed by atoms with Gasteiger partial charge in [-0.1, -0.05) is 33.6 Å². The molecule has 1 aliphatic carbocycles. The number of hydrogen-bond donors (Lipinski definition) is 0. The Labute approximate surface area is 105 Å². The van der Waals surface area contributed by atoms with Crippen LogP contribution in [0.4, 0.5) is 0 Å². The molecular formula is C15H26O2. The predicted molar refractivity (Wildman–Crippen MR) is 68.9 cm³/mol. The van der Waals surface area contributed by atoms with Crippen molar-refractivity contribution < 1.29 is 9.53 Å². The maximum Gasteiger partial charge on any atom is 0.139 e. The highest BCUT2D eigenvalue weighted by Crippen LogP contribution is 2.50. The zero-order chi connectivity index (χ0) is 12.6. The first kappa shape index (κ1) is 13.1. The van der Waals surface area contributed by atoms with E-state index in [0.717, 1.165) is 32.1 Å². The quantitative estimate of drug-likeness (QED) is 0.685. The topological polar surface area (TPSA) is 29.6 Å². The van der Waals surface area contributed by atoms with Crippen molar-refractivity contribution in [1.29, 1.82) is 0 Å². The third-order valence-electron chi connectivity index (χ3n) is 5.13. The van der Waals surface area contributed by atoms with Crippen molar-refractivity contribution in [3.63, 3.8) is 0 Å². The number of rotatable bonds is 5. The van der Waals surface area contributed by atoms with E-state index >= 15 is 0 Å². The smallest absolute Gasteiger partial charge is 0.139 e. The van der Waals surface area contributed by atoms with Crippen LogP contribution in [0.5, 0.6) is 0 Å². The molecule has 0 aromatic carbocycles. The molecule has 1 saturated heterocycles. The molecule has 2 nitrogen and oxygen atoms in total. The number of carbonyl (C=O) groups excluding carboxylic acids is 1. The normalized spacial score (nSPS) is 37.7. The summed E-state index contributed by atoms with van der Waals surface area (Å²) in [5.41, 5.74) is 0.134. The summed E-state index contributed by atoms with van der Waals surface area (Å²) in [6.45, 7) is 8.70. The number of ether oxygens (including phenoxy) is 1. The molecule has 2 aliphatic rings. The monoisotopic (exact) mass is 238 g/mol. The second-order valence-electron chi connectivity index (χ2n) is 6.16. The largest absolute Gasteiger partial charge is 0.366 e. The van der Waals surface area contributed by atoms with Crippen LogP contribution >= 0.6 is 0 Å². The highest BCUT2D eigenvalue weighted by molar-refractivity contribution is 5.83. The Bertz CT molecular complexity index is 295. The lowest BCUT2D eigenvalue weighted by Gasteiger charge is -2.27. The number of carbonyl (C=O) groups is 1. The Morgan fingerprint density at radius 3 is 2.59 bits per heavy atom. The van der Waals surface area contributed by atoms with Gasteiger partial charge in [-0.15, -0.1) is 0 Å². The van der Waals surface area contributed by atoms with E-state index in [9.17, 15) is 4.79 Å². The lowest BCUT2D eigenvalue weighted by atomic mass is 9.74. The molecule has 0 N–H and O–H groups in total. The van der Waals surface area contributed by atoms with E-state index in [1.54, 1.807) is 0 Å². The first-order chi connectivity index (χ1) is 8.01. The predicted octanol–water partition coefficient (Wildman–Crippen LogP) is 3.59. The third kappa shape index (κ3) is 2.42. The van der Waals surface area contributed by atoms with E-state index in [1.165, 1.54) is 0 Å². The van der Waals surface area contributed by atoms with Gasteiger partial charge in [0.25, 0.3) is 0 Å². The fourth-order valence-electron chi connectivity index (χ4n) is 3.50. The van der Waals surface area contributed by atoms with Crippen molar-refractivity contribution in [3.05, 3.63) is 0 Å². The molecule has 0 aromatic heterocycles. The molecule has 0 spiro atoms. The van der Waals surface area contributed by atoms with Gasteiger partial charge in [0.1, 0.15) is 5.78 Å². The van der Waals surface area contributed by atoms with E-state index < -0.39 is 0 Å². The van der Waals surface area contributed by atoms with Gasteiger partial charge in [0, 0.05) is 11.8 Å². The Morgan fingerprint density at radius 2 is 2.06 bits per heavy atom. The third-order valence-corrected chi connectivity index (χ3v) is 5.13. The Kier molecular flexibility index (Phi) is 3.63. The van der Waals surface area contributed by atoms with Gasteiger partial charge < -0.3 is 4.74 Å². The standard InChI is InChI=1S/C15H26O2/c1-5-11(6-2)10(3)14(16)12-7-8-15(4)13(9-12)17-15/h10-13H,5-9H2,1-4H3. The summed E-state index contributed by atoms with van der Waals surface area (Å²) in [6.07, 6.45) is 5.69. The highest BCUT2D eigenvalue weighted by atomic mass is 16.6. The zero-order valence-corrected chi connectivity index (χ0v) is 11.7. The molecule has 1 heterocycles. The molecule has 0 radical (unpaired) electrons. The molecule has 17 heavy (non-hydrogen) atoms. The van der Waals surface area contributed by atoms with E-state index in [0.29, 0.717) is 17.8 Å². The van der Waals surface area contributed by atoms with Crippen LogP contribution < -0.4 is 0 Å². The first-order valence-electron chi connectivity index (χ1n) is 7.23. The van der Waals surface area contributed by atoms with Crippen molar-refractivity contribution in [2.45, 2.75) is 71.5 Å². The van der Waals surface area contributed by atoms with E-state index in [-0.39, 0.29) is 17.4 Å². The molecule has 4 atom stereocenters. The highest BCUT2D eigenvalue weighted by Gasteiger charge is 2.56. The molecule has 1 aliphatic heterocycles. The zero-order valence-electron chi connectivity index (χ0n) is 11.7. The van der Waals surface area contributed by atoms with Gasteiger partial charge >= 0.3 is 0 Å². The van der Waals surface area contributed by atoms with Crippen molar-refractivity contribution in [3.8, 4) is 0 Å². The van der Waals surface area contributed by atoms with Gasteiger partial charge in [-0.3, -0.25) is 4.79 Å². The average molecular weight is 238 g/mol. The van der Waals surface area contributed by atoms with Crippen LogP contribution in [0, 0.1) is 17.8 Å². The van der Waals surface area contributed by atoms with E-state index in [4.69, 9.17) is 4.74 Å². The molecule has 4 unspecified atom stereocenters. The van der Waals surface area contributed by atoms with Gasteiger partial charge in [0.15, 0.2) is 0 Å². The van der Waals surface area contributed by atoms with Crippen molar-refractivity contribution in [1.82, 2.24) is 0 Å². The van der Waals surface area contributed by atoms with Gasteiger partial charge in [-0.05, 0) is 32.1 Å². The SMILES string of the molecule is CCC(CC)C(C)C(=O)C1CCC2(C)OC2C1. The van der Waals surface area contributed by atoms with Crippen LogP contribution in [0.15, 0.2) is 0 Å². The molecule has 2 fully saturated rings. The van der Waals surface area contributed by atoms with Gasteiger partial charge in [-0.2, -0.15) is 0 Å². The summed E-state index contributed by atoms with van der Waals surface area (Å²) in [6, 6.07) is 0. The molecule has 2 heteroatoms. The molecule has 98 valence electrons. The van der Waals surface area contributed by atoms with Crippen molar-refractivity contribution >= 4 is 5.78 Å². The fraction of sp³-hybridized carbons (Fsp3) is 0.933. The van der Waals surface area contributed by atoms with Crippen LogP contribution in [-0.2, 0) is 9.53 Å². The lowest BCUT2D eigenvalue weighted by molar-refractivity contribution is -0.128. The summed E-state index contributed by atoms with van der Waals surface area (Å²) < 4.78 is 5.69. The molecular weight excluding hydrogens is 212 g/mol. The lowest BCUT2D eigenvalue weighted by Crippen LogP contribution is -2.32. The van der Waals surface area contributed by atoms with Crippen LogP contribution in [0.1, 0.15) is 59.8 Å². The molecule has 0 aromatic rings. The molecule has 1 saturated carbocycles. The molecule has 0 bridgehead atoms. The summed E-state index contributed by atoms with van der Waals surface area (Å²) >= 11 is 0. The minimum absolute atomic E-state index is 0.134. The van der Waals surface area contributed by atoms with Crippen LogP contribution in [0.25, 0.3) is 0 Å². The Morgan fingerprint density at radius 1 is 1.41 bits per heavy atom. The van der Waals surface area contributed by atoms with Gasteiger partial charge in [0.05, 0.1) is 11.7 Å². The second-order valence-corrected chi connectivity index (χ2v) is 6.16. The summed E-state index contributed by atoms with van der Waals surface area (Å²) in [5.74, 6) is 1.57. The van der Waals surface area contributed by atoms with Crippen molar-refractivity contribution in [2.24, 2.45) is 17.8 Å². The minimum Gasteiger partial charge on any atom is -0.366 e. The summed E-state index contributed by atoms with van der Waals surface area (Å²) in [5, 5.41) is 0. The fourth-order valence-corrected chi connectivity index (χ4v) is 3.50.